The van der Waals surface area contributed by atoms with Crippen molar-refractivity contribution in [1.29, 1.82) is 0 Å². The molecule has 1 spiro atoms. The van der Waals surface area contributed by atoms with E-state index in [1.54, 1.807) is 0 Å². The summed E-state index contributed by atoms with van der Waals surface area (Å²) in [6, 6.07) is 89.5. The Morgan fingerprint density at radius 2 is 0.746 bits per heavy atom. The van der Waals surface area contributed by atoms with Gasteiger partial charge in [-0.1, -0.05) is 189 Å². The van der Waals surface area contributed by atoms with Gasteiger partial charge in [-0.25, -0.2) is 0 Å². The largest absolute Gasteiger partial charge is 0.311 e. The Morgan fingerprint density at radius 1 is 0.313 bits per heavy atom. The summed E-state index contributed by atoms with van der Waals surface area (Å²) in [6.45, 7) is 0. The third-order valence-corrected chi connectivity index (χ3v) is 14.8. The fourth-order valence-electron chi connectivity index (χ4n) is 11.5. The molecule has 11 aromatic rings. The minimum atomic E-state index is 0.146. The average molecular weight is 857 g/mol. The molecule has 0 unspecified atom stereocenters. The molecule has 0 bridgehead atoms. The number of fused-ring (bicyclic) bond motifs is 8. The minimum absolute atomic E-state index is 0.146. The van der Waals surface area contributed by atoms with Crippen LogP contribution in [0.2, 0.25) is 0 Å². The number of hydrogen-bond donors (Lipinski definition) is 0. The van der Waals surface area contributed by atoms with Crippen LogP contribution in [-0.4, -0.2) is 4.57 Å². The van der Waals surface area contributed by atoms with Gasteiger partial charge in [0.05, 0.1) is 11.0 Å². The number of hydrogen-bond acceptors (Lipinski definition) is 1. The van der Waals surface area contributed by atoms with Crippen LogP contribution in [-0.2, 0) is 5.41 Å². The second-order valence-electron chi connectivity index (χ2n) is 18.4. The fraction of sp³-hybridized carbons (Fsp3) is 0.0769. The summed E-state index contributed by atoms with van der Waals surface area (Å²) in [6.07, 6.45) is 5.05. The van der Waals surface area contributed by atoms with Crippen molar-refractivity contribution in [2.24, 2.45) is 0 Å². The van der Waals surface area contributed by atoms with E-state index in [0.717, 1.165) is 22.7 Å². The zero-order valence-electron chi connectivity index (χ0n) is 37.3. The number of benzene rings is 10. The number of aromatic nitrogens is 1. The third kappa shape index (κ3) is 6.63. The molecule has 67 heavy (non-hydrogen) atoms. The van der Waals surface area contributed by atoms with Crippen LogP contribution < -0.4 is 4.90 Å². The van der Waals surface area contributed by atoms with Crippen LogP contribution in [0, 0.1) is 0 Å². The van der Waals surface area contributed by atoms with E-state index in [1.807, 2.05) is 0 Å². The molecule has 0 saturated heterocycles. The van der Waals surface area contributed by atoms with Gasteiger partial charge < -0.3 is 9.47 Å². The maximum absolute atomic E-state index is 2.51. The SMILES string of the molecule is c1ccc(-c2ccc(-c3ccc(N(c4ccc(-c5ccc6c(c5)C5(CCCC5)c5ccccc5-6)cc4)c4ccc(-c5ccc6c7ccccc7n(-c7ccccc7)c6c5)cc4)cc3)cc2)cc1. The molecule has 318 valence electrons. The summed E-state index contributed by atoms with van der Waals surface area (Å²) >= 11 is 0. The lowest BCUT2D eigenvalue weighted by atomic mass is 9.76. The Bertz CT molecular complexity index is 3580. The first-order chi connectivity index (χ1) is 33.2. The van der Waals surface area contributed by atoms with Crippen LogP contribution in [0.1, 0.15) is 36.8 Å². The Labute approximate surface area is 392 Å². The van der Waals surface area contributed by atoms with Crippen molar-refractivity contribution in [3.8, 4) is 61.3 Å². The predicted molar refractivity (Wildman–Crippen MR) is 282 cm³/mol. The molecule has 2 aliphatic rings. The van der Waals surface area contributed by atoms with E-state index in [0.29, 0.717) is 0 Å². The van der Waals surface area contributed by atoms with Gasteiger partial charge in [0.2, 0.25) is 0 Å². The highest BCUT2D eigenvalue weighted by molar-refractivity contribution is 6.10. The summed E-state index contributed by atoms with van der Waals surface area (Å²) in [5.41, 5.74) is 22.7. The van der Waals surface area contributed by atoms with Crippen molar-refractivity contribution < 1.29 is 0 Å². The lowest BCUT2D eigenvalue weighted by Gasteiger charge is -2.27. The number of rotatable bonds is 8. The minimum Gasteiger partial charge on any atom is -0.311 e. The number of nitrogens with zero attached hydrogens (tertiary/aromatic N) is 2. The molecule has 2 nitrogen and oxygen atoms in total. The van der Waals surface area contributed by atoms with Crippen LogP contribution in [0.4, 0.5) is 17.1 Å². The Balaban J connectivity index is 0.864. The van der Waals surface area contributed by atoms with Crippen LogP contribution in [0.15, 0.2) is 243 Å². The van der Waals surface area contributed by atoms with Crippen molar-refractivity contribution in [3.63, 3.8) is 0 Å². The summed E-state index contributed by atoms with van der Waals surface area (Å²) in [4.78, 5) is 2.39. The van der Waals surface area contributed by atoms with Gasteiger partial charge in [-0.05, 0) is 146 Å². The van der Waals surface area contributed by atoms with Crippen LogP contribution in [0.25, 0.3) is 83.1 Å². The van der Waals surface area contributed by atoms with E-state index in [-0.39, 0.29) is 5.41 Å². The van der Waals surface area contributed by atoms with Gasteiger partial charge in [-0.3, -0.25) is 0 Å². The van der Waals surface area contributed by atoms with Crippen molar-refractivity contribution in [3.05, 3.63) is 254 Å². The molecule has 10 aromatic carbocycles. The van der Waals surface area contributed by atoms with Gasteiger partial charge in [-0.2, -0.15) is 0 Å². The molecule has 1 heterocycles. The molecule has 13 rings (SSSR count). The topological polar surface area (TPSA) is 8.17 Å². The zero-order valence-corrected chi connectivity index (χ0v) is 37.3. The van der Waals surface area contributed by atoms with Gasteiger partial charge in [0, 0.05) is 38.9 Å². The Hall–Kier alpha value is -8.20. The first-order valence-corrected chi connectivity index (χ1v) is 23.8. The van der Waals surface area contributed by atoms with Crippen molar-refractivity contribution in [2.75, 3.05) is 4.90 Å². The number of para-hydroxylation sites is 2. The van der Waals surface area contributed by atoms with Crippen LogP contribution in [0.5, 0.6) is 0 Å². The van der Waals surface area contributed by atoms with E-state index in [2.05, 4.69) is 252 Å². The molecule has 0 atom stereocenters. The quantitative estimate of drug-likeness (QED) is 0.148. The van der Waals surface area contributed by atoms with Gasteiger partial charge >= 0.3 is 0 Å². The maximum atomic E-state index is 2.51. The first-order valence-electron chi connectivity index (χ1n) is 23.8. The van der Waals surface area contributed by atoms with Gasteiger partial charge in [0.25, 0.3) is 0 Å². The molecular weight excluding hydrogens is 809 g/mol. The molecule has 2 heteroatoms. The van der Waals surface area contributed by atoms with E-state index in [1.165, 1.54) is 114 Å². The smallest absolute Gasteiger partial charge is 0.0547 e. The normalized spacial score (nSPS) is 13.6. The summed E-state index contributed by atoms with van der Waals surface area (Å²) in [7, 11) is 0. The van der Waals surface area contributed by atoms with Crippen molar-refractivity contribution in [1.82, 2.24) is 4.57 Å². The van der Waals surface area contributed by atoms with Crippen molar-refractivity contribution in [2.45, 2.75) is 31.1 Å². The molecule has 0 amide bonds. The lowest BCUT2D eigenvalue weighted by molar-refractivity contribution is 0.550. The summed E-state index contributed by atoms with van der Waals surface area (Å²) in [5.74, 6) is 0. The molecule has 2 aliphatic carbocycles. The van der Waals surface area contributed by atoms with E-state index in [4.69, 9.17) is 0 Å². The van der Waals surface area contributed by atoms with E-state index < -0.39 is 0 Å². The fourth-order valence-corrected chi connectivity index (χ4v) is 11.5. The monoisotopic (exact) mass is 856 g/mol. The highest BCUT2D eigenvalue weighted by Gasteiger charge is 2.44. The summed E-state index contributed by atoms with van der Waals surface area (Å²) < 4.78 is 2.39. The molecule has 0 N–H and O–H groups in total. The van der Waals surface area contributed by atoms with E-state index in [9.17, 15) is 0 Å². The van der Waals surface area contributed by atoms with Gasteiger partial charge in [0.1, 0.15) is 0 Å². The molecule has 1 saturated carbocycles. The highest BCUT2D eigenvalue weighted by atomic mass is 15.1. The molecule has 0 aliphatic heterocycles. The molecule has 0 radical (unpaired) electrons. The maximum Gasteiger partial charge on any atom is 0.0547 e. The van der Waals surface area contributed by atoms with Gasteiger partial charge in [-0.15, -0.1) is 0 Å². The average Bonchev–Trinajstić information content (AvgIpc) is 4.11. The third-order valence-electron chi connectivity index (χ3n) is 14.8. The van der Waals surface area contributed by atoms with E-state index >= 15 is 0 Å². The number of anilines is 3. The zero-order chi connectivity index (χ0) is 44.3. The predicted octanol–water partition coefficient (Wildman–Crippen LogP) is 17.8. The molecule has 1 aromatic heterocycles. The van der Waals surface area contributed by atoms with Gasteiger partial charge in [0.15, 0.2) is 0 Å². The highest BCUT2D eigenvalue weighted by Crippen LogP contribution is 2.57. The first kappa shape index (κ1) is 39.2. The Morgan fingerprint density at radius 3 is 1.37 bits per heavy atom. The molecule has 1 fully saturated rings. The van der Waals surface area contributed by atoms with Crippen LogP contribution >= 0.6 is 0 Å². The standard InChI is InChI=1S/C65H48N2/c1-3-13-45(14-4-1)46-21-23-47(24-22-46)48-25-33-54(34-26-48)66(55-35-27-49(28-36-55)51-31-39-58-57-17-7-9-19-61(57)65(62(58)43-51)41-11-12-42-65)56-37-29-50(30-38-56)52-32-40-60-59-18-8-10-20-63(59)67(64(60)44-52)53-15-5-2-6-16-53/h1-10,13-40,43-44H,11-12,41-42H2. The lowest BCUT2D eigenvalue weighted by Crippen LogP contribution is -2.20. The second kappa shape index (κ2) is 16.0. The Kier molecular flexibility index (Phi) is 9.39. The van der Waals surface area contributed by atoms with Crippen molar-refractivity contribution >= 4 is 38.9 Å². The second-order valence-corrected chi connectivity index (χ2v) is 18.4. The van der Waals surface area contributed by atoms with Crippen LogP contribution in [0.3, 0.4) is 0 Å². The molecular formula is C65H48N2. The summed E-state index contributed by atoms with van der Waals surface area (Å²) in [5, 5.41) is 2.52.